The van der Waals surface area contributed by atoms with Gasteiger partial charge in [0.15, 0.2) is 0 Å². The zero-order valence-electron chi connectivity index (χ0n) is 9.47. The number of halogens is 2. The Morgan fingerprint density at radius 2 is 2.00 bits per heavy atom. The molecule has 1 aromatic rings. The van der Waals surface area contributed by atoms with E-state index >= 15 is 0 Å². The summed E-state index contributed by atoms with van der Waals surface area (Å²) in [6.45, 7) is 5.00. The molecule has 1 aromatic carbocycles. The lowest BCUT2D eigenvalue weighted by molar-refractivity contribution is 0.268. The topological polar surface area (TPSA) is 15.3 Å². The van der Waals surface area contributed by atoms with Gasteiger partial charge in [0.25, 0.3) is 0 Å². The maximum absolute atomic E-state index is 6.04. The smallest absolute Gasteiger partial charge is 0.0606 e. The van der Waals surface area contributed by atoms with Crippen LogP contribution in [0.1, 0.15) is 5.56 Å². The second-order valence-corrected chi connectivity index (χ2v) is 4.80. The Morgan fingerprint density at radius 3 is 2.71 bits per heavy atom. The van der Waals surface area contributed by atoms with Crippen LogP contribution in [0.15, 0.2) is 18.2 Å². The predicted octanol–water partition coefficient (Wildman–Crippen LogP) is 2.25. The Morgan fingerprint density at radius 1 is 1.24 bits per heavy atom. The maximum Gasteiger partial charge on any atom is 0.0606 e. The molecule has 17 heavy (non-hydrogen) atoms. The molecule has 4 heteroatoms. The lowest BCUT2D eigenvalue weighted by Gasteiger charge is -2.24. The first-order valence-corrected chi connectivity index (χ1v) is 6.38. The van der Waals surface area contributed by atoms with Gasteiger partial charge in [-0.15, -0.1) is 0 Å². The summed E-state index contributed by atoms with van der Waals surface area (Å²) in [4.78, 5) is 2.33. The molecule has 2 nitrogen and oxygen atoms in total. The Balaban J connectivity index is 1.95. The third-order valence-electron chi connectivity index (χ3n) is 2.67. The van der Waals surface area contributed by atoms with Crippen LogP contribution in [-0.4, -0.2) is 37.6 Å². The van der Waals surface area contributed by atoms with E-state index in [1.807, 2.05) is 12.1 Å². The fourth-order valence-electron chi connectivity index (χ4n) is 1.71. The minimum Gasteiger partial charge on any atom is -0.314 e. The standard InChI is InChI=1S/C13H14Cl2N2/c14-12-4-3-11(13(15)10-12)2-1-7-17-8-5-16-6-9-17/h3-4,10,16H,5-9H2. The van der Waals surface area contributed by atoms with E-state index in [1.54, 1.807) is 6.07 Å². The van der Waals surface area contributed by atoms with E-state index < -0.39 is 0 Å². The first-order chi connectivity index (χ1) is 8.25. The van der Waals surface area contributed by atoms with Crippen LogP contribution in [0, 0.1) is 11.8 Å². The zero-order chi connectivity index (χ0) is 12.1. The van der Waals surface area contributed by atoms with Gasteiger partial charge in [-0.1, -0.05) is 35.0 Å². The van der Waals surface area contributed by atoms with Crippen LogP contribution in [0.2, 0.25) is 10.0 Å². The van der Waals surface area contributed by atoms with Gasteiger partial charge in [-0.05, 0) is 18.2 Å². The number of hydrogen-bond acceptors (Lipinski definition) is 2. The highest BCUT2D eigenvalue weighted by Crippen LogP contribution is 2.19. The molecule has 1 heterocycles. The molecular formula is C13H14Cl2N2. The monoisotopic (exact) mass is 268 g/mol. The van der Waals surface area contributed by atoms with Gasteiger partial charge >= 0.3 is 0 Å². The summed E-state index contributed by atoms with van der Waals surface area (Å²) in [5.41, 5.74) is 0.839. The fourth-order valence-corrected chi connectivity index (χ4v) is 2.16. The quantitative estimate of drug-likeness (QED) is 0.787. The van der Waals surface area contributed by atoms with E-state index in [-0.39, 0.29) is 0 Å². The van der Waals surface area contributed by atoms with E-state index in [0.717, 1.165) is 38.3 Å². The van der Waals surface area contributed by atoms with Gasteiger partial charge in [0.05, 0.1) is 11.6 Å². The van der Waals surface area contributed by atoms with Crippen molar-refractivity contribution in [3.8, 4) is 11.8 Å². The maximum atomic E-state index is 6.04. The van der Waals surface area contributed by atoms with E-state index in [1.165, 1.54) is 0 Å². The molecule has 0 aromatic heterocycles. The van der Waals surface area contributed by atoms with Crippen LogP contribution in [0.4, 0.5) is 0 Å². The van der Waals surface area contributed by atoms with E-state index in [4.69, 9.17) is 23.2 Å². The highest BCUT2D eigenvalue weighted by atomic mass is 35.5. The molecular weight excluding hydrogens is 255 g/mol. The van der Waals surface area contributed by atoms with Crippen LogP contribution < -0.4 is 5.32 Å². The lowest BCUT2D eigenvalue weighted by Crippen LogP contribution is -2.43. The molecule has 2 rings (SSSR count). The molecule has 1 fully saturated rings. The van der Waals surface area contributed by atoms with Crippen molar-refractivity contribution >= 4 is 23.2 Å². The van der Waals surface area contributed by atoms with Crippen LogP contribution >= 0.6 is 23.2 Å². The van der Waals surface area contributed by atoms with Crippen LogP contribution in [0.3, 0.4) is 0 Å². The van der Waals surface area contributed by atoms with Crippen molar-refractivity contribution < 1.29 is 0 Å². The third kappa shape index (κ3) is 3.90. The summed E-state index contributed by atoms with van der Waals surface area (Å²) in [5.74, 6) is 6.24. The van der Waals surface area contributed by atoms with Crippen molar-refractivity contribution in [1.29, 1.82) is 0 Å². The first-order valence-electron chi connectivity index (χ1n) is 5.63. The van der Waals surface area contributed by atoms with Crippen LogP contribution in [0.25, 0.3) is 0 Å². The fraction of sp³-hybridized carbons (Fsp3) is 0.385. The molecule has 1 saturated heterocycles. The normalized spacial score (nSPS) is 16.4. The molecule has 0 atom stereocenters. The Labute approximate surface area is 112 Å². The van der Waals surface area contributed by atoms with Gasteiger partial charge < -0.3 is 5.32 Å². The second kappa shape index (κ2) is 6.28. The van der Waals surface area contributed by atoms with E-state index in [0.29, 0.717) is 10.0 Å². The van der Waals surface area contributed by atoms with Crippen molar-refractivity contribution in [3.05, 3.63) is 33.8 Å². The number of rotatable bonds is 1. The zero-order valence-corrected chi connectivity index (χ0v) is 11.0. The molecule has 0 bridgehead atoms. The molecule has 0 amide bonds. The van der Waals surface area contributed by atoms with Crippen molar-refractivity contribution in [2.75, 3.05) is 32.7 Å². The number of hydrogen-bond donors (Lipinski definition) is 1. The molecule has 0 aliphatic carbocycles. The van der Waals surface area contributed by atoms with Crippen molar-refractivity contribution in [3.63, 3.8) is 0 Å². The van der Waals surface area contributed by atoms with Gasteiger partial charge in [-0.2, -0.15) is 0 Å². The summed E-state index contributed by atoms with van der Waals surface area (Å²) >= 11 is 11.9. The van der Waals surface area contributed by atoms with E-state index in [2.05, 4.69) is 22.1 Å². The molecule has 1 aliphatic rings. The highest BCUT2D eigenvalue weighted by Gasteiger charge is 2.06. The summed E-state index contributed by atoms with van der Waals surface area (Å²) in [6, 6.07) is 5.38. The number of benzene rings is 1. The van der Waals surface area contributed by atoms with Crippen LogP contribution in [-0.2, 0) is 0 Å². The van der Waals surface area contributed by atoms with Gasteiger partial charge in [-0.25, -0.2) is 0 Å². The minimum absolute atomic E-state index is 0.616. The Kier molecular flexibility index (Phi) is 4.70. The van der Waals surface area contributed by atoms with Gasteiger partial charge in [0.2, 0.25) is 0 Å². The van der Waals surface area contributed by atoms with E-state index in [9.17, 15) is 0 Å². The second-order valence-electron chi connectivity index (χ2n) is 3.95. The predicted molar refractivity (Wildman–Crippen MR) is 72.6 cm³/mol. The highest BCUT2D eigenvalue weighted by molar-refractivity contribution is 6.35. The Hall–Kier alpha value is -0.720. The number of nitrogens with one attached hydrogen (secondary N) is 1. The van der Waals surface area contributed by atoms with Gasteiger partial charge in [0, 0.05) is 36.8 Å². The Bertz CT molecular complexity index is 442. The average Bonchev–Trinajstić information content (AvgIpc) is 2.33. The van der Waals surface area contributed by atoms with Crippen molar-refractivity contribution in [1.82, 2.24) is 10.2 Å². The summed E-state index contributed by atoms with van der Waals surface area (Å²) in [6.07, 6.45) is 0. The van der Waals surface area contributed by atoms with Crippen molar-refractivity contribution in [2.24, 2.45) is 0 Å². The molecule has 0 radical (unpaired) electrons. The minimum atomic E-state index is 0.616. The van der Waals surface area contributed by atoms with Gasteiger partial charge in [0.1, 0.15) is 0 Å². The summed E-state index contributed by atoms with van der Waals surface area (Å²) in [5, 5.41) is 4.57. The number of piperazine rings is 1. The largest absolute Gasteiger partial charge is 0.314 e. The summed E-state index contributed by atoms with van der Waals surface area (Å²) in [7, 11) is 0. The summed E-state index contributed by atoms with van der Waals surface area (Å²) < 4.78 is 0. The molecule has 0 unspecified atom stereocenters. The molecule has 1 aliphatic heterocycles. The first kappa shape index (κ1) is 12.7. The van der Waals surface area contributed by atoms with Crippen molar-refractivity contribution in [2.45, 2.75) is 0 Å². The molecule has 1 N–H and O–H groups in total. The molecule has 0 saturated carbocycles. The lowest BCUT2D eigenvalue weighted by atomic mass is 10.2. The average molecular weight is 269 g/mol. The SMILES string of the molecule is Clc1ccc(C#CCN2CCNCC2)c(Cl)c1. The molecule has 0 spiro atoms. The van der Waals surface area contributed by atoms with Gasteiger partial charge in [-0.3, -0.25) is 4.90 Å². The van der Waals surface area contributed by atoms with Crippen LogP contribution in [0.5, 0.6) is 0 Å². The third-order valence-corrected chi connectivity index (χ3v) is 3.21. The number of nitrogens with zero attached hydrogens (tertiary/aromatic N) is 1. The molecule has 90 valence electrons.